The molecule has 4 heteroatoms. The third-order valence-corrected chi connectivity index (χ3v) is 5.21. The SMILES string of the molecule is Cc1cccc(OC[C@@H](O)C[NH2+]C2CC[NH+](Cc3ccccc3)CC2)c1. The zero-order valence-electron chi connectivity index (χ0n) is 15.7. The number of benzene rings is 2. The second kappa shape index (κ2) is 9.72. The first-order valence-electron chi connectivity index (χ1n) is 9.77. The van der Waals surface area contributed by atoms with E-state index in [-0.39, 0.29) is 0 Å². The van der Waals surface area contributed by atoms with E-state index in [1.54, 1.807) is 4.90 Å². The van der Waals surface area contributed by atoms with Gasteiger partial charge in [-0.25, -0.2) is 0 Å². The molecule has 0 aliphatic carbocycles. The van der Waals surface area contributed by atoms with Crippen LogP contribution in [0.2, 0.25) is 0 Å². The summed E-state index contributed by atoms with van der Waals surface area (Å²) in [5, 5.41) is 12.5. The van der Waals surface area contributed by atoms with Gasteiger partial charge < -0.3 is 20.1 Å². The summed E-state index contributed by atoms with van der Waals surface area (Å²) in [6, 6.07) is 19.3. The second-order valence-corrected chi connectivity index (χ2v) is 7.50. The topological polar surface area (TPSA) is 50.5 Å². The van der Waals surface area contributed by atoms with Crippen LogP contribution in [-0.4, -0.2) is 43.5 Å². The molecule has 0 radical (unpaired) electrons. The fraction of sp³-hybridized carbons (Fsp3) is 0.455. The van der Waals surface area contributed by atoms with Gasteiger partial charge in [-0.1, -0.05) is 42.5 Å². The molecule has 0 saturated carbocycles. The van der Waals surface area contributed by atoms with E-state index in [4.69, 9.17) is 4.74 Å². The molecule has 3 rings (SSSR count). The standard InChI is InChI=1S/C22H30N2O2/c1-18-6-5-9-22(14-18)26-17-21(25)15-23-20-10-12-24(13-11-20)16-19-7-3-2-4-8-19/h2-9,14,20-21,23,25H,10-13,15-17H2,1H3/p+2/t21-/m0/s1. The minimum absolute atomic E-state index is 0.359. The Hall–Kier alpha value is -1.88. The summed E-state index contributed by atoms with van der Waals surface area (Å²) >= 11 is 0. The number of aryl methyl sites for hydroxylation is 1. The van der Waals surface area contributed by atoms with Crippen LogP contribution < -0.4 is 15.0 Å². The number of likely N-dealkylation sites (tertiary alicyclic amines) is 1. The van der Waals surface area contributed by atoms with Crippen LogP contribution in [0.5, 0.6) is 5.75 Å². The Bertz CT molecular complexity index is 654. The van der Waals surface area contributed by atoms with E-state index >= 15 is 0 Å². The Labute approximate surface area is 156 Å². The molecule has 4 N–H and O–H groups in total. The third-order valence-electron chi connectivity index (χ3n) is 5.21. The first-order chi connectivity index (χ1) is 12.7. The molecule has 0 amide bonds. The van der Waals surface area contributed by atoms with E-state index in [2.05, 4.69) is 35.6 Å². The normalized spacial score (nSPS) is 21.3. The number of aliphatic hydroxyl groups is 1. The second-order valence-electron chi connectivity index (χ2n) is 7.50. The average Bonchev–Trinajstić information content (AvgIpc) is 2.67. The molecule has 1 fully saturated rings. The molecule has 0 bridgehead atoms. The highest BCUT2D eigenvalue weighted by molar-refractivity contribution is 5.27. The number of hydrogen-bond acceptors (Lipinski definition) is 2. The number of hydrogen-bond donors (Lipinski definition) is 3. The number of piperidine rings is 1. The van der Waals surface area contributed by atoms with Gasteiger partial charge >= 0.3 is 0 Å². The Balaban J connectivity index is 1.32. The van der Waals surface area contributed by atoms with Crippen molar-refractivity contribution in [2.75, 3.05) is 26.2 Å². The number of nitrogens with one attached hydrogen (secondary N) is 1. The molecule has 1 saturated heterocycles. The fourth-order valence-electron chi connectivity index (χ4n) is 3.66. The van der Waals surface area contributed by atoms with Crippen LogP contribution in [0.15, 0.2) is 54.6 Å². The van der Waals surface area contributed by atoms with Gasteiger partial charge in [0.25, 0.3) is 0 Å². The lowest BCUT2D eigenvalue weighted by Crippen LogP contribution is -3.13. The minimum atomic E-state index is -0.426. The number of aliphatic hydroxyl groups excluding tert-OH is 1. The first kappa shape index (κ1) is 18.9. The van der Waals surface area contributed by atoms with E-state index in [1.165, 1.54) is 37.1 Å². The predicted molar refractivity (Wildman–Crippen MR) is 103 cm³/mol. The van der Waals surface area contributed by atoms with E-state index in [0.717, 1.165) is 12.3 Å². The van der Waals surface area contributed by atoms with Gasteiger partial charge in [-0.2, -0.15) is 0 Å². The van der Waals surface area contributed by atoms with E-state index in [0.29, 0.717) is 19.2 Å². The summed E-state index contributed by atoms with van der Waals surface area (Å²) in [4.78, 5) is 1.67. The smallest absolute Gasteiger partial charge is 0.137 e. The van der Waals surface area contributed by atoms with Crippen LogP contribution in [-0.2, 0) is 6.54 Å². The van der Waals surface area contributed by atoms with Crippen molar-refractivity contribution in [1.29, 1.82) is 0 Å². The summed E-state index contributed by atoms with van der Waals surface area (Å²) in [6.45, 7) is 6.67. The maximum absolute atomic E-state index is 10.2. The molecular formula is C22H32N2O2+2. The van der Waals surface area contributed by atoms with Crippen LogP contribution in [0.3, 0.4) is 0 Å². The summed E-state index contributed by atoms with van der Waals surface area (Å²) in [7, 11) is 0. The molecule has 1 aliphatic rings. The molecule has 0 spiro atoms. The lowest BCUT2D eigenvalue weighted by Gasteiger charge is -2.28. The van der Waals surface area contributed by atoms with E-state index < -0.39 is 6.10 Å². The highest BCUT2D eigenvalue weighted by atomic mass is 16.5. The maximum Gasteiger partial charge on any atom is 0.137 e. The monoisotopic (exact) mass is 356 g/mol. The van der Waals surface area contributed by atoms with Gasteiger partial charge in [-0.3, -0.25) is 0 Å². The Morgan fingerprint density at radius 2 is 1.88 bits per heavy atom. The molecule has 26 heavy (non-hydrogen) atoms. The van der Waals surface area contributed by atoms with Crippen LogP contribution in [0.1, 0.15) is 24.0 Å². The van der Waals surface area contributed by atoms with Crippen LogP contribution in [0.25, 0.3) is 0 Å². The van der Waals surface area contributed by atoms with Crippen molar-refractivity contribution < 1.29 is 20.1 Å². The lowest BCUT2D eigenvalue weighted by molar-refractivity contribution is -0.926. The molecule has 4 nitrogen and oxygen atoms in total. The summed E-state index contributed by atoms with van der Waals surface area (Å²) in [5.74, 6) is 0.835. The highest BCUT2D eigenvalue weighted by Gasteiger charge is 2.25. The molecule has 140 valence electrons. The Kier molecular flexibility index (Phi) is 7.06. The van der Waals surface area contributed by atoms with Gasteiger partial charge in [0.2, 0.25) is 0 Å². The zero-order valence-corrected chi connectivity index (χ0v) is 15.7. The van der Waals surface area contributed by atoms with E-state index in [9.17, 15) is 5.11 Å². The Morgan fingerprint density at radius 3 is 2.62 bits per heavy atom. The summed E-state index contributed by atoms with van der Waals surface area (Å²) in [5.41, 5.74) is 2.60. The van der Waals surface area contributed by atoms with Crippen molar-refractivity contribution in [3.8, 4) is 5.75 Å². The maximum atomic E-state index is 10.2. The predicted octanol–water partition coefficient (Wildman–Crippen LogP) is 0.546. The van der Waals surface area contributed by atoms with Crippen molar-refractivity contribution >= 4 is 0 Å². The van der Waals surface area contributed by atoms with Crippen molar-refractivity contribution in [2.24, 2.45) is 0 Å². The largest absolute Gasteiger partial charge is 0.491 e. The molecule has 1 atom stereocenters. The van der Waals surface area contributed by atoms with Crippen LogP contribution >= 0.6 is 0 Å². The number of quaternary nitrogens is 2. The molecule has 2 aromatic carbocycles. The van der Waals surface area contributed by atoms with Gasteiger partial charge in [0.1, 0.15) is 31.5 Å². The zero-order chi connectivity index (χ0) is 18.2. The Morgan fingerprint density at radius 1 is 1.12 bits per heavy atom. The minimum Gasteiger partial charge on any atom is -0.491 e. The molecule has 1 aliphatic heterocycles. The van der Waals surface area contributed by atoms with Crippen molar-refractivity contribution in [3.63, 3.8) is 0 Å². The fourth-order valence-corrected chi connectivity index (χ4v) is 3.66. The number of rotatable bonds is 8. The summed E-state index contributed by atoms with van der Waals surface area (Å²) in [6.07, 6.45) is 2.01. The third kappa shape index (κ3) is 6.13. The lowest BCUT2D eigenvalue weighted by atomic mass is 10.0. The summed E-state index contributed by atoms with van der Waals surface area (Å²) < 4.78 is 5.70. The van der Waals surface area contributed by atoms with E-state index in [1.807, 2.05) is 31.2 Å². The number of ether oxygens (including phenoxy) is 1. The van der Waals surface area contributed by atoms with Crippen LogP contribution in [0.4, 0.5) is 0 Å². The quantitative estimate of drug-likeness (QED) is 0.647. The number of nitrogens with two attached hydrogens (primary N) is 1. The van der Waals surface area contributed by atoms with Gasteiger partial charge in [-0.15, -0.1) is 0 Å². The van der Waals surface area contributed by atoms with Crippen molar-refractivity contribution in [2.45, 2.75) is 38.5 Å². The van der Waals surface area contributed by atoms with Gasteiger partial charge in [0.15, 0.2) is 0 Å². The molecule has 0 aromatic heterocycles. The van der Waals surface area contributed by atoms with Crippen LogP contribution in [0, 0.1) is 6.92 Å². The molecule has 2 aromatic rings. The van der Waals surface area contributed by atoms with Gasteiger partial charge in [0, 0.05) is 18.4 Å². The molecule has 1 heterocycles. The van der Waals surface area contributed by atoms with Gasteiger partial charge in [0.05, 0.1) is 19.1 Å². The first-order valence-corrected chi connectivity index (χ1v) is 9.77. The van der Waals surface area contributed by atoms with Crippen molar-refractivity contribution in [3.05, 3.63) is 65.7 Å². The highest BCUT2D eigenvalue weighted by Crippen LogP contribution is 2.12. The van der Waals surface area contributed by atoms with Crippen molar-refractivity contribution in [1.82, 2.24) is 0 Å². The average molecular weight is 357 g/mol. The molecule has 0 unspecified atom stereocenters. The molecular weight excluding hydrogens is 324 g/mol. The van der Waals surface area contributed by atoms with Gasteiger partial charge in [-0.05, 0) is 24.6 Å².